The van der Waals surface area contributed by atoms with E-state index >= 15 is 0 Å². The second-order valence-corrected chi connectivity index (χ2v) is 5.81. The van der Waals surface area contributed by atoms with Crippen molar-refractivity contribution >= 4 is 23.4 Å². The van der Waals surface area contributed by atoms with Crippen molar-refractivity contribution in [2.75, 3.05) is 0 Å². The Kier molecular flexibility index (Phi) is 5.45. The monoisotopic (exact) mass is 170 g/mol. The van der Waals surface area contributed by atoms with Crippen LogP contribution in [0.15, 0.2) is 0 Å². The zero-order valence-corrected chi connectivity index (χ0v) is 8.67. The van der Waals surface area contributed by atoms with Crippen LogP contribution in [0.2, 0.25) is 5.28 Å². The first-order valence-electron chi connectivity index (χ1n) is 4.22. The van der Waals surface area contributed by atoms with E-state index in [4.69, 9.17) is 0 Å². The first-order chi connectivity index (χ1) is 5.17. The fraction of sp³-hybridized carbons (Fsp3) is 0.750. The van der Waals surface area contributed by atoms with Crippen LogP contribution in [0.25, 0.3) is 0 Å². The van der Waals surface area contributed by atoms with Gasteiger partial charge in [-0.2, -0.15) is 0 Å². The van der Waals surface area contributed by atoms with Crippen molar-refractivity contribution in [1.29, 1.82) is 0 Å². The molecule has 0 aliphatic heterocycles. The van der Waals surface area contributed by atoms with Gasteiger partial charge in [-0.15, -0.1) is 0 Å². The highest BCUT2D eigenvalue weighted by atomic mass is 27.2. The van der Waals surface area contributed by atoms with E-state index in [0.29, 0.717) is 12.8 Å². The lowest BCUT2D eigenvalue weighted by Crippen LogP contribution is -2.33. The lowest BCUT2D eigenvalue weighted by molar-refractivity contribution is -0.115. The molecular weight excluding hydrogens is 155 g/mol. The van der Waals surface area contributed by atoms with Crippen LogP contribution in [-0.4, -0.2) is 23.4 Å². The minimum atomic E-state index is -1.68. The Labute approximate surface area is 72.4 Å². The molecule has 0 saturated carbocycles. The molecule has 0 aromatic rings. The standard InChI is InChI=1S/2C3H5O.C2H5.Al/c2*1-2-3-4;1-2;/h2*2H2,1H3;1H2,2H3;. The highest BCUT2D eigenvalue weighted by molar-refractivity contribution is 7.11. The normalized spacial score (nSPS) is 9.36. The molecule has 0 rings (SSSR count). The molecule has 0 aromatic carbocycles. The van der Waals surface area contributed by atoms with Gasteiger partial charge in [-0.1, -0.05) is 26.1 Å². The third kappa shape index (κ3) is 3.18. The Hall–Kier alpha value is -0.128. The average Bonchev–Trinajstić information content (AvgIpc) is 2.05. The molecule has 2 nitrogen and oxygen atoms in total. The maximum absolute atomic E-state index is 11.2. The van der Waals surface area contributed by atoms with Crippen molar-refractivity contribution in [3.63, 3.8) is 0 Å². The third-order valence-corrected chi connectivity index (χ3v) is 5.07. The van der Waals surface area contributed by atoms with Gasteiger partial charge in [0.2, 0.25) is 0 Å². The summed E-state index contributed by atoms with van der Waals surface area (Å²) in [6.07, 6.45) is 1.08. The maximum atomic E-state index is 11.2. The number of carbonyl (C=O) groups is 2. The summed E-state index contributed by atoms with van der Waals surface area (Å²) in [6, 6.07) is 0. The van der Waals surface area contributed by atoms with Gasteiger partial charge in [-0.25, -0.2) is 0 Å². The molecule has 0 amide bonds. The van der Waals surface area contributed by atoms with Crippen molar-refractivity contribution in [2.24, 2.45) is 0 Å². The number of hydrogen-bond donors (Lipinski definition) is 0. The third-order valence-electron chi connectivity index (χ3n) is 1.88. The van der Waals surface area contributed by atoms with Crippen molar-refractivity contribution in [1.82, 2.24) is 0 Å². The smallest absolute Gasteiger partial charge is 0.320 e. The SMILES string of the molecule is CC[C](=O)[Al]([CH2]C)[C](=O)CC. The summed E-state index contributed by atoms with van der Waals surface area (Å²) in [5.41, 5.74) is 0. The molecule has 0 fully saturated rings. The Morgan fingerprint density at radius 1 is 1.00 bits per heavy atom. The van der Waals surface area contributed by atoms with Crippen LogP contribution < -0.4 is 0 Å². The maximum Gasteiger partial charge on any atom is 0.460 e. The van der Waals surface area contributed by atoms with Gasteiger partial charge in [-0.05, 0) is 12.8 Å². The summed E-state index contributed by atoms with van der Waals surface area (Å²) in [5.74, 6) is 0. The van der Waals surface area contributed by atoms with Gasteiger partial charge in [-0.3, -0.25) is 0 Å². The van der Waals surface area contributed by atoms with Gasteiger partial charge in [0.1, 0.15) is 0 Å². The molecule has 0 atom stereocenters. The van der Waals surface area contributed by atoms with E-state index in [2.05, 4.69) is 0 Å². The van der Waals surface area contributed by atoms with Gasteiger partial charge < -0.3 is 9.59 Å². The Morgan fingerprint density at radius 2 is 1.36 bits per heavy atom. The Bertz CT molecular complexity index is 138. The van der Waals surface area contributed by atoms with Crippen LogP contribution in [0.3, 0.4) is 0 Å². The molecule has 0 heterocycles. The Balaban J connectivity index is 4.15. The van der Waals surface area contributed by atoms with Crippen molar-refractivity contribution in [3.8, 4) is 0 Å². The molecule has 62 valence electrons. The molecule has 3 heteroatoms. The lowest BCUT2D eigenvalue weighted by atomic mass is 10.5. The predicted molar refractivity (Wildman–Crippen MR) is 46.8 cm³/mol. The van der Waals surface area contributed by atoms with E-state index in [0.717, 1.165) is 5.28 Å². The van der Waals surface area contributed by atoms with E-state index in [1.54, 1.807) is 0 Å². The molecule has 0 aliphatic rings. The van der Waals surface area contributed by atoms with Crippen LogP contribution in [0, 0.1) is 0 Å². The second-order valence-electron chi connectivity index (χ2n) is 2.60. The van der Waals surface area contributed by atoms with E-state index in [9.17, 15) is 9.59 Å². The zero-order valence-electron chi connectivity index (χ0n) is 7.52. The highest BCUT2D eigenvalue weighted by Crippen LogP contribution is 2.00. The molecule has 11 heavy (non-hydrogen) atoms. The fourth-order valence-electron chi connectivity index (χ4n) is 1.13. The minimum Gasteiger partial charge on any atom is -0.320 e. The van der Waals surface area contributed by atoms with E-state index in [1.165, 1.54) is 0 Å². The quantitative estimate of drug-likeness (QED) is 0.586. The zero-order chi connectivity index (χ0) is 8.85. The second kappa shape index (κ2) is 5.51. The first kappa shape index (κ1) is 10.9. The van der Waals surface area contributed by atoms with Crippen LogP contribution in [0.1, 0.15) is 33.6 Å². The van der Waals surface area contributed by atoms with Crippen LogP contribution >= 0.6 is 0 Å². The molecule has 0 aromatic heterocycles. The highest BCUT2D eigenvalue weighted by Gasteiger charge is 2.30. The first-order valence-corrected chi connectivity index (χ1v) is 6.19. The van der Waals surface area contributed by atoms with Gasteiger partial charge in [0.05, 0.1) is 9.29 Å². The predicted octanol–water partition coefficient (Wildman–Crippen LogP) is 1.54. The van der Waals surface area contributed by atoms with Gasteiger partial charge >= 0.3 is 14.1 Å². The summed E-state index contributed by atoms with van der Waals surface area (Å²) in [4.78, 5) is 22.4. The molecule has 0 spiro atoms. The summed E-state index contributed by atoms with van der Waals surface area (Å²) in [5, 5.41) is 0.791. The van der Waals surface area contributed by atoms with Crippen LogP contribution in [-0.2, 0) is 9.59 Å². The van der Waals surface area contributed by atoms with E-state index in [-0.39, 0.29) is 9.29 Å². The van der Waals surface area contributed by atoms with Gasteiger partial charge in [0, 0.05) is 0 Å². The van der Waals surface area contributed by atoms with Crippen molar-refractivity contribution < 1.29 is 9.59 Å². The molecule has 0 saturated heterocycles. The summed E-state index contributed by atoms with van der Waals surface area (Å²) < 4.78 is 0.443. The average molecular weight is 170 g/mol. The van der Waals surface area contributed by atoms with Crippen molar-refractivity contribution in [3.05, 3.63) is 0 Å². The minimum absolute atomic E-state index is 0.222. The summed E-state index contributed by atoms with van der Waals surface area (Å²) >= 11 is -1.68. The summed E-state index contributed by atoms with van der Waals surface area (Å²) in [6.45, 7) is 5.61. The number of carbonyl (C=O) groups excluding carboxylic acids is 2. The molecular formula is C8H15AlO2. The van der Waals surface area contributed by atoms with Crippen molar-refractivity contribution in [2.45, 2.75) is 38.9 Å². The number of hydrogen-bond acceptors (Lipinski definition) is 2. The topological polar surface area (TPSA) is 34.1 Å². The lowest BCUT2D eigenvalue weighted by Gasteiger charge is -2.02. The molecule has 0 radical (unpaired) electrons. The van der Waals surface area contributed by atoms with Gasteiger partial charge in [0.15, 0.2) is 0 Å². The van der Waals surface area contributed by atoms with Crippen LogP contribution in [0.4, 0.5) is 0 Å². The fourth-order valence-corrected chi connectivity index (χ4v) is 3.38. The van der Waals surface area contributed by atoms with E-state index in [1.807, 2.05) is 20.8 Å². The largest absolute Gasteiger partial charge is 0.460 e. The van der Waals surface area contributed by atoms with Gasteiger partial charge in [0.25, 0.3) is 0 Å². The van der Waals surface area contributed by atoms with E-state index < -0.39 is 14.1 Å². The summed E-state index contributed by atoms with van der Waals surface area (Å²) in [7, 11) is 0. The molecule has 0 bridgehead atoms. The molecule has 0 unspecified atom stereocenters. The molecule has 0 N–H and O–H groups in total. The van der Waals surface area contributed by atoms with Crippen LogP contribution in [0.5, 0.6) is 0 Å². The Morgan fingerprint density at radius 3 is 1.55 bits per heavy atom. The molecule has 0 aliphatic carbocycles. The number of rotatable bonds is 5.